The van der Waals surface area contributed by atoms with Crippen molar-refractivity contribution in [2.45, 2.75) is 95.8 Å². The highest BCUT2D eigenvalue weighted by Gasteiger charge is 2.37. The molecule has 2 rings (SSSR count). The van der Waals surface area contributed by atoms with Crippen LogP contribution in [0.4, 0.5) is 0 Å². The molecule has 0 bridgehead atoms. The van der Waals surface area contributed by atoms with E-state index in [9.17, 15) is 27.6 Å². The molecular weight excluding hydrogens is 677 g/mol. The summed E-state index contributed by atoms with van der Waals surface area (Å²) in [6, 6.07) is -2.94. The van der Waals surface area contributed by atoms with E-state index in [4.69, 9.17) is 20.6 Å². The van der Waals surface area contributed by atoms with Gasteiger partial charge >= 0.3 is 11.9 Å². The van der Waals surface area contributed by atoms with Crippen molar-refractivity contribution in [1.82, 2.24) is 20.7 Å². The number of rotatable bonds is 18. The van der Waals surface area contributed by atoms with E-state index in [0.717, 1.165) is 11.1 Å². The number of benzene rings is 1. The fourth-order valence-corrected chi connectivity index (χ4v) is 7.78. The van der Waals surface area contributed by atoms with Gasteiger partial charge in [-0.15, -0.1) is 0 Å². The van der Waals surface area contributed by atoms with Crippen molar-refractivity contribution in [3.05, 3.63) is 34.9 Å². The van der Waals surface area contributed by atoms with E-state index in [1.165, 1.54) is 31.9 Å². The van der Waals surface area contributed by atoms with E-state index in [2.05, 4.69) is 32.0 Å². The summed E-state index contributed by atoms with van der Waals surface area (Å²) in [4.78, 5) is 49.5. The lowest BCUT2D eigenvalue weighted by Gasteiger charge is -2.22. The number of hydrogen-bond donors (Lipinski definition) is 6. The fourth-order valence-electron chi connectivity index (χ4n) is 5.30. The van der Waals surface area contributed by atoms with E-state index in [1.807, 2.05) is 20.8 Å². The Kier molecular flexibility index (Phi) is 15.4. The number of thioether (sulfide) groups is 1. The maximum Gasteiger partial charge on any atom is 0.328 e. The number of methoxy groups -OCH3 is 1. The number of sulfonamides is 1. The number of hydrogen-bond acceptors (Lipinski definition) is 12. The van der Waals surface area contributed by atoms with Gasteiger partial charge < -0.3 is 35.9 Å². The third-order valence-corrected chi connectivity index (χ3v) is 10.5. The van der Waals surface area contributed by atoms with Crippen LogP contribution in [0.2, 0.25) is 0 Å². The molecule has 1 aromatic carbocycles. The van der Waals surface area contributed by atoms with Gasteiger partial charge in [-0.3, -0.25) is 19.8 Å². The second-order valence-corrected chi connectivity index (χ2v) is 15.1. The van der Waals surface area contributed by atoms with Gasteiger partial charge in [0.2, 0.25) is 17.8 Å². The van der Waals surface area contributed by atoms with Gasteiger partial charge in [0.05, 0.1) is 12.0 Å². The Hall–Kier alpha value is -3.83. The minimum absolute atomic E-state index is 0.0696. The number of nitrogens with one attached hydrogen (secondary N) is 5. The molecule has 274 valence electrons. The Morgan fingerprint density at radius 1 is 1.08 bits per heavy atom. The summed E-state index contributed by atoms with van der Waals surface area (Å²) in [6.45, 7) is 13.9. The number of nitrogens with two attached hydrogens (primary N) is 1. The molecule has 7 N–H and O–H groups in total. The molecular formula is C32H50N6O9S2. The Labute approximate surface area is 292 Å². The molecule has 0 saturated heterocycles. The lowest BCUT2D eigenvalue weighted by atomic mass is 9.94. The molecule has 0 radical (unpaired) electrons. The van der Waals surface area contributed by atoms with E-state index in [-0.39, 0.29) is 43.1 Å². The van der Waals surface area contributed by atoms with E-state index in [1.54, 1.807) is 13.8 Å². The van der Waals surface area contributed by atoms with E-state index >= 15 is 0 Å². The normalized spacial score (nSPS) is 15.0. The SMILES string of the molecule is C=CCOC(=O)[C@H](CCSC[C@H](N)C(=O)OC)NC(=O)[C@@H](CCCNC(=N)NS(=O)(=O)c1c(C)c(C)c2c(c1C)CC(C)(C)O2)NC(C)=O. The summed E-state index contributed by atoms with van der Waals surface area (Å²) in [6.07, 6.45) is 2.44. The van der Waals surface area contributed by atoms with Crippen LogP contribution in [0.1, 0.15) is 62.3 Å². The van der Waals surface area contributed by atoms with Crippen LogP contribution >= 0.6 is 11.8 Å². The Balaban J connectivity index is 2.02. The van der Waals surface area contributed by atoms with Crippen molar-refractivity contribution < 1.29 is 41.8 Å². The third kappa shape index (κ3) is 11.9. The first-order valence-corrected chi connectivity index (χ1v) is 18.4. The zero-order chi connectivity index (χ0) is 37.1. The summed E-state index contributed by atoms with van der Waals surface area (Å²) in [5.74, 6) is -1.54. The second kappa shape index (κ2) is 18.2. The molecule has 1 heterocycles. The largest absolute Gasteiger partial charge is 0.487 e. The molecule has 0 fully saturated rings. The fraction of sp³-hybridized carbons (Fsp3) is 0.594. The number of carbonyl (C=O) groups is 4. The van der Waals surface area contributed by atoms with Crippen LogP contribution < -0.4 is 31.1 Å². The second-order valence-electron chi connectivity index (χ2n) is 12.3. The lowest BCUT2D eigenvalue weighted by molar-refractivity contribution is -0.147. The molecule has 2 amide bonds. The molecule has 49 heavy (non-hydrogen) atoms. The highest BCUT2D eigenvalue weighted by molar-refractivity contribution is 7.99. The van der Waals surface area contributed by atoms with Crippen molar-refractivity contribution in [1.29, 1.82) is 5.41 Å². The molecule has 1 aliphatic heterocycles. The van der Waals surface area contributed by atoms with Crippen LogP contribution in [0, 0.1) is 26.2 Å². The van der Waals surface area contributed by atoms with Gasteiger partial charge in [0.1, 0.15) is 36.1 Å². The van der Waals surface area contributed by atoms with Crippen LogP contribution in [0.15, 0.2) is 17.6 Å². The number of ether oxygens (including phenoxy) is 3. The van der Waals surface area contributed by atoms with Gasteiger partial charge in [-0.2, -0.15) is 11.8 Å². The van der Waals surface area contributed by atoms with Crippen LogP contribution in [0.25, 0.3) is 0 Å². The topological polar surface area (TPSA) is 228 Å². The summed E-state index contributed by atoms with van der Waals surface area (Å²) < 4.78 is 45.0. The van der Waals surface area contributed by atoms with E-state index < -0.39 is 63.5 Å². The van der Waals surface area contributed by atoms with Gasteiger partial charge in [-0.05, 0) is 76.3 Å². The first kappa shape index (κ1) is 41.3. The van der Waals surface area contributed by atoms with Crippen molar-refractivity contribution in [2.75, 3.05) is 31.8 Å². The van der Waals surface area contributed by atoms with Gasteiger partial charge in [-0.25, -0.2) is 17.9 Å². The molecule has 17 heteroatoms. The van der Waals surface area contributed by atoms with Crippen molar-refractivity contribution in [3.63, 3.8) is 0 Å². The summed E-state index contributed by atoms with van der Waals surface area (Å²) in [5.41, 5.74) is 7.95. The maximum atomic E-state index is 13.4. The average molecular weight is 727 g/mol. The molecule has 0 spiro atoms. The van der Waals surface area contributed by atoms with Gasteiger partial charge in [-0.1, -0.05) is 12.7 Å². The number of carbonyl (C=O) groups excluding carboxylic acids is 4. The summed E-state index contributed by atoms with van der Waals surface area (Å²) in [5, 5.41) is 16.2. The Bertz CT molecular complexity index is 1530. The molecule has 15 nitrogen and oxygen atoms in total. The van der Waals surface area contributed by atoms with Gasteiger partial charge in [0.25, 0.3) is 10.0 Å². The zero-order valence-electron chi connectivity index (χ0n) is 29.2. The van der Waals surface area contributed by atoms with Crippen molar-refractivity contribution >= 4 is 51.5 Å². The number of esters is 2. The molecule has 0 unspecified atom stereocenters. The minimum Gasteiger partial charge on any atom is -0.487 e. The molecule has 0 aromatic heterocycles. The predicted molar refractivity (Wildman–Crippen MR) is 187 cm³/mol. The number of amides is 2. The lowest BCUT2D eigenvalue weighted by Crippen LogP contribution is -2.52. The summed E-state index contributed by atoms with van der Waals surface area (Å²) >= 11 is 1.29. The molecule has 0 aliphatic carbocycles. The van der Waals surface area contributed by atoms with Crippen molar-refractivity contribution in [3.8, 4) is 5.75 Å². The zero-order valence-corrected chi connectivity index (χ0v) is 30.9. The van der Waals surface area contributed by atoms with Crippen LogP contribution in [-0.2, 0) is 45.1 Å². The van der Waals surface area contributed by atoms with Crippen LogP contribution in [0.3, 0.4) is 0 Å². The van der Waals surface area contributed by atoms with Crippen molar-refractivity contribution in [2.24, 2.45) is 5.73 Å². The maximum absolute atomic E-state index is 13.4. The number of guanidine groups is 1. The summed E-state index contributed by atoms with van der Waals surface area (Å²) in [7, 11) is -2.90. The average Bonchev–Trinajstić information content (AvgIpc) is 3.36. The predicted octanol–water partition coefficient (Wildman–Crippen LogP) is 1.25. The molecule has 1 aliphatic rings. The van der Waals surface area contributed by atoms with E-state index in [0.29, 0.717) is 29.1 Å². The first-order chi connectivity index (χ1) is 22.8. The van der Waals surface area contributed by atoms with Crippen LogP contribution in [-0.4, -0.2) is 93.6 Å². The molecule has 0 saturated carbocycles. The standard InChI is InChI=1S/C32H50N6O9S2/c1-9-14-46-30(42)25(12-15-48-17-23(33)29(41)45-8)37-28(40)24(36-21(5)39)11-10-13-35-31(34)38-49(43,44)27-19(3)18(2)26-22(20(27)4)16-32(6,7)47-26/h9,23-25H,1,10-17,33H2,2-8H3,(H,36,39)(H,37,40)(H3,34,35,38)/t23-,24+,25-/m0/s1. The molecule has 3 atom stereocenters. The smallest absolute Gasteiger partial charge is 0.328 e. The van der Waals surface area contributed by atoms with Gasteiger partial charge in [0.15, 0.2) is 0 Å². The highest BCUT2D eigenvalue weighted by Crippen LogP contribution is 2.43. The minimum atomic E-state index is -4.13. The first-order valence-electron chi connectivity index (χ1n) is 15.8. The van der Waals surface area contributed by atoms with Crippen LogP contribution in [0.5, 0.6) is 5.75 Å². The highest BCUT2D eigenvalue weighted by atomic mass is 32.2. The quantitative estimate of drug-likeness (QED) is 0.0413. The number of fused-ring (bicyclic) bond motifs is 1. The Morgan fingerprint density at radius 2 is 1.76 bits per heavy atom. The monoisotopic (exact) mass is 726 g/mol. The Morgan fingerprint density at radius 3 is 2.37 bits per heavy atom. The molecule has 1 aromatic rings. The van der Waals surface area contributed by atoms with Gasteiger partial charge in [0, 0.05) is 31.2 Å². The third-order valence-electron chi connectivity index (χ3n) is 7.76.